The first-order chi connectivity index (χ1) is 18.5. The lowest BCUT2D eigenvalue weighted by Gasteiger charge is -2.32. The van der Waals surface area contributed by atoms with E-state index < -0.39 is 46.8 Å². The molecule has 13 heteroatoms. The van der Waals surface area contributed by atoms with Crippen LogP contribution in [0.4, 0.5) is 0 Å². The Morgan fingerprint density at radius 1 is 1.08 bits per heavy atom. The van der Waals surface area contributed by atoms with Crippen molar-refractivity contribution in [3.8, 4) is 0 Å². The van der Waals surface area contributed by atoms with E-state index in [1.54, 1.807) is 23.1 Å². The summed E-state index contributed by atoms with van der Waals surface area (Å²) in [4.78, 5) is 40.6. The number of amides is 2. The molecule has 12 nitrogen and oxygen atoms in total. The minimum atomic E-state index is -4.22. The van der Waals surface area contributed by atoms with Gasteiger partial charge in [0.15, 0.2) is 5.96 Å². The van der Waals surface area contributed by atoms with Crippen molar-refractivity contribution < 1.29 is 27.9 Å². The molecule has 0 bridgehead atoms. The second-order valence-electron chi connectivity index (χ2n) is 10.1. The van der Waals surface area contributed by atoms with Crippen LogP contribution >= 0.6 is 0 Å². The summed E-state index contributed by atoms with van der Waals surface area (Å²) in [7, 11) is -4.22. The highest BCUT2D eigenvalue weighted by molar-refractivity contribution is 7.89. The van der Waals surface area contributed by atoms with Gasteiger partial charge in [0.2, 0.25) is 21.8 Å². The molecular weight excluding hydrogens is 524 g/mol. The van der Waals surface area contributed by atoms with Crippen molar-refractivity contribution in [1.29, 1.82) is 5.41 Å². The second kappa shape index (κ2) is 12.0. The summed E-state index contributed by atoms with van der Waals surface area (Å²) in [5.74, 6) is -2.31. The van der Waals surface area contributed by atoms with E-state index in [4.69, 9.17) is 11.1 Å². The third-order valence-corrected chi connectivity index (χ3v) is 8.61. The van der Waals surface area contributed by atoms with Gasteiger partial charge in [0.25, 0.3) is 0 Å². The van der Waals surface area contributed by atoms with Crippen LogP contribution in [0.15, 0.2) is 47.4 Å². The fourth-order valence-corrected chi connectivity index (χ4v) is 6.01. The van der Waals surface area contributed by atoms with Crippen molar-refractivity contribution in [2.45, 2.75) is 49.1 Å². The summed E-state index contributed by atoms with van der Waals surface area (Å²) in [6.07, 6.45) is 2.22. The van der Waals surface area contributed by atoms with Gasteiger partial charge < -0.3 is 26.0 Å². The Balaban J connectivity index is 1.48. The number of fused-ring (bicyclic) bond motifs is 1. The quantitative estimate of drug-likeness (QED) is 0.197. The highest BCUT2D eigenvalue weighted by atomic mass is 32.2. The molecule has 6 N–H and O–H groups in total. The molecule has 0 aromatic heterocycles. The molecular formula is C26H34N6O6S. The van der Waals surface area contributed by atoms with Crippen LogP contribution in [0.1, 0.15) is 32.1 Å². The first-order valence-corrected chi connectivity index (χ1v) is 14.4. The van der Waals surface area contributed by atoms with Crippen molar-refractivity contribution in [3.63, 3.8) is 0 Å². The molecule has 0 radical (unpaired) electrons. The third kappa shape index (κ3) is 7.45. The molecule has 1 heterocycles. The minimum absolute atomic E-state index is 0.0131. The number of guanidine groups is 1. The van der Waals surface area contributed by atoms with Gasteiger partial charge in [-0.25, -0.2) is 8.42 Å². The van der Waals surface area contributed by atoms with Crippen LogP contribution in [0.3, 0.4) is 0 Å². The first kappa shape index (κ1) is 28.3. The number of likely N-dealkylation sites (tertiary alicyclic amines) is 1. The molecule has 2 fully saturated rings. The maximum atomic E-state index is 13.4. The molecule has 2 aliphatic rings. The summed E-state index contributed by atoms with van der Waals surface area (Å²) >= 11 is 0. The number of aliphatic carboxylic acids is 1. The van der Waals surface area contributed by atoms with Gasteiger partial charge in [-0.15, -0.1) is 0 Å². The van der Waals surface area contributed by atoms with Crippen LogP contribution in [0.2, 0.25) is 0 Å². The SMILES string of the molecule is N=C(N)N1CCC(CNC(=O)C[C@H](NS(=O)(=O)c2ccc3ccccc3c2)C(=O)N(CC(=O)O)C2CC2)CC1. The topological polar surface area (TPSA) is 186 Å². The van der Waals surface area contributed by atoms with E-state index in [1.807, 2.05) is 12.1 Å². The molecule has 2 aromatic rings. The fraction of sp³-hybridized carbons (Fsp3) is 0.462. The largest absolute Gasteiger partial charge is 0.480 e. The van der Waals surface area contributed by atoms with Crippen LogP contribution in [0.5, 0.6) is 0 Å². The minimum Gasteiger partial charge on any atom is -0.480 e. The van der Waals surface area contributed by atoms with Crippen molar-refractivity contribution in [2.75, 3.05) is 26.2 Å². The molecule has 1 saturated heterocycles. The number of piperidine rings is 1. The van der Waals surface area contributed by atoms with E-state index in [0.717, 1.165) is 23.1 Å². The smallest absolute Gasteiger partial charge is 0.323 e. The average molecular weight is 559 g/mol. The summed E-state index contributed by atoms with van der Waals surface area (Å²) < 4.78 is 29.0. The lowest BCUT2D eigenvalue weighted by molar-refractivity contribution is -0.146. The lowest BCUT2D eigenvalue weighted by atomic mass is 9.97. The Kier molecular flexibility index (Phi) is 8.70. The summed E-state index contributed by atoms with van der Waals surface area (Å²) in [6, 6.07) is 10.0. The second-order valence-corrected chi connectivity index (χ2v) is 11.8. The number of carbonyl (C=O) groups is 3. The van der Waals surface area contributed by atoms with Crippen molar-refractivity contribution in [1.82, 2.24) is 19.8 Å². The predicted octanol–water partition coefficient (Wildman–Crippen LogP) is 0.674. The van der Waals surface area contributed by atoms with E-state index in [1.165, 1.54) is 12.1 Å². The van der Waals surface area contributed by atoms with E-state index >= 15 is 0 Å². The molecule has 1 saturated carbocycles. The van der Waals surface area contributed by atoms with Crippen LogP contribution in [0, 0.1) is 11.3 Å². The van der Waals surface area contributed by atoms with Gasteiger partial charge in [0.1, 0.15) is 12.6 Å². The lowest BCUT2D eigenvalue weighted by Crippen LogP contribution is -2.52. The average Bonchev–Trinajstić information content (AvgIpc) is 3.75. The van der Waals surface area contributed by atoms with Crippen LogP contribution < -0.4 is 15.8 Å². The van der Waals surface area contributed by atoms with Gasteiger partial charge in [-0.3, -0.25) is 19.8 Å². The number of nitrogens with one attached hydrogen (secondary N) is 3. The highest BCUT2D eigenvalue weighted by Gasteiger charge is 2.39. The van der Waals surface area contributed by atoms with Gasteiger partial charge >= 0.3 is 5.97 Å². The molecule has 39 heavy (non-hydrogen) atoms. The van der Waals surface area contributed by atoms with Gasteiger partial charge in [0.05, 0.1) is 11.3 Å². The Labute approximate surface area is 227 Å². The van der Waals surface area contributed by atoms with Gasteiger partial charge in [-0.1, -0.05) is 30.3 Å². The Hall–Kier alpha value is -3.71. The fourth-order valence-electron chi connectivity index (χ4n) is 4.78. The number of carbonyl (C=O) groups excluding carboxylic acids is 2. The number of carboxylic acids is 1. The number of carboxylic acid groups (broad SMARTS) is 1. The maximum Gasteiger partial charge on any atom is 0.323 e. The monoisotopic (exact) mass is 558 g/mol. The number of hydrogen-bond acceptors (Lipinski definition) is 6. The first-order valence-electron chi connectivity index (χ1n) is 12.9. The van der Waals surface area contributed by atoms with E-state index in [-0.39, 0.29) is 22.8 Å². The molecule has 210 valence electrons. The Morgan fingerprint density at radius 3 is 2.36 bits per heavy atom. The standard InChI is InChI=1S/C26H34N6O6S/c27-26(28)31-11-9-17(10-12-31)15-29-23(33)14-22(25(36)32(16-24(34)35)20-6-7-20)30-39(37,38)21-8-5-18-3-1-2-4-19(18)13-21/h1-5,8,13,17,20,22,30H,6-7,9-12,14-16H2,(H3,27,28)(H,29,33)(H,34,35)/t22-/m0/s1. The number of sulfonamides is 1. The zero-order chi connectivity index (χ0) is 28.2. The molecule has 1 aliphatic heterocycles. The van der Waals surface area contributed by atoms with Crippen molar-refractivity contribution in [3.05, 3.63) is 42.5 Å². The molecule has 1 aliphatic carbocycles. The van der Waals surface area contributed by atoms with Gasteiger partial charge in [-0.2, -0.15) is 4.72 Å². The summed E-state index contributed by atoms with van der Waals surface area (Å²) in [6.45, 7) is 0.973. The summed E-state index contributed by atoms with van der Waals surface area (Å²) in [5, 5.41) is 21.2. The molecule has 0 unspecified atom stereocenters. The highest BCUT2D eigenvalue weighted by Crippen LogP contribution is 2.28. The number of rotatable bonds is 11. The molecule has 1 atom stereocenters. The van der Waals surface area contributed by atoms with Gasteiger partial charge in [-0.05, 0) is 54.5 Å². The molecule has 2 aromatic carbocycles. The third-order valence-electron chi connectivity index (χ3n) is 7.14. The molecule has 4 rings (SSSR count). The number of benzene rings is 2. The zero-order valence-corrected chi connectivity index (χ0v) is 22.3. The van der Waals surface area contributed by atoms with Crippen LogP contribution in [-0.2, 0) is 24.4 Å². The van der Waals surface area contributed by atoms with E-state index in [2.05, 4.69) is 10.0 Å². The maximum absolute atomic E-state index is 13.4. The predicted molar refractivity (Wildman–Crippen MR) is 144 cm³/mol. The van der Waals surface area contributed by atoms with Crippen molar-refractivity contribution >= 4 is 44.5 Å². The number of nitrogens with zero attached hydrogens (tertiary/aromatic N) is 2. The molecule has 2 amide bonds. The Morgan fingerprint density at radius 2 is 1.74 bits per heavy atom. The van der Waals surface area contributed by atoms with E-state index in [9.17, 15) is 27.9 Å². The summed E-state index contributed by atoms with van der Waals surface area (Å²) in [5.41, 5.74) is 5.53. The van der Waals surface area contributed by atoms with Crippen LogP contribution in [-0.4, -0.2) is 85.3 Å². The normalized spacial score (nSPS) is 17.0. The van der Waals surface area contributed by atoms with Crippen molar-refractivity contribution in [2.24, 2.45) is 11.7 Å². The van der Waals surface area contributed by atoms with Crippen LogP contribution in [0.25, 0.3) is 10.8 Å². The van der Waals surface area contributed by atoms with E-state index in [0.29, 0.717) is 37.9 Å². The Bertz CT molecular complexity index is 1350. The molecule has 0 spiro atoms. The van der Waals surface area contributed by atoms with Gasteiger partial charge in [0, 0.05) is 25.7 Å². The number of hydrogen-bond donors (Lipinski definition) is 5. The zero-order valence-electron chi connectivity index (χ0n) is 21.5. The number of nitrogens with two attached hydrogens (primary N) is 1.